The number of hydrogen-bond acceptors (Lipinski definition) is 17. The van der Waals surface area contributed by atoms with Gasteiger partial charge < -0.3 is 14.9 Å². The third-order valence-electron chi connectivity index (χ3n) is 4.51. The number of carbonyl (C=O) groups excluding carboxylic acids is 2. The van der Waals surface area contributed by atoms with Crippen LogP contribution in [0.3, 0.4) is 0 Å². The summed E-state index contributed by atoms with van der Waals surface area (Å²) in [5.41, 5.74) is 0. The predicted octanol–water partition coefficient (Wildman–Crippen LogP) is 5.68. The van der Waals surface area contributed by atoms with Crippen LogP contribution < -0.4 is 0 Å². The van der Waals surface area contributed by atoms with Crippen LogP contribution in [0.2, 0.25) is 0 Å². The molecule has 0 aromatic rings. The quantitative estimate of drug-likeness (QED) is 0.0269. The van der Waals surface area contributed by atoms with E-state index in [4.69, 9.17) is 24.7 Å². The second kappa shape index (κ2) is 38.7. The van der Waals surface area contributed by atoms with Crippen molar-refractivity contribution in [2.75, 3.05) is 110 Å². The average Bonchev–Trinajstić information content (AvgIpc) is 3.00. The van der Waals surface area contributed by atoms with Gasteiger partial charge >= 0.3 is 5.97 Å². The summed E-state index contributed by atoms with van der Waals surface area (Å²) < 4.78 is 17.2. The van der Waals surface area contributed by atoms with Crippen LogP contribution in [0.1, 0.15) is 25.7 Å². The summed E-state index contributed by atoms with van der Waals surface area (Å²) >= 11 is 15.2. The third kappa shape index (κ3) is 38.6. The van der Waals surface area contributed by atoms with Crippen molar-refractivity contribution < 1.29 is 38.5 Å². The zero-order valence-electron chi connectivity index (χ0n) is 24.7. The van der Waals surface area contributed by atoms with Gasteiger partial charge in [0, 0.05) is 84.3 Å². The highest BCUT2D eigenvalue weighted by atomic mass is 32.2. The molecule has 0 aromatic heterocycles. The minimum atomic E-state index is -0.764. The van der Waals surface area contributed by atoms with E-state index in [1.807, 2.05) is 47.0 Å². The van der Waals surface area contributed by atoms with E-state index in [0.29, 0.717) is 42.8 Å². The fourth-order valence-electron chi connectivity index (χ4n) is 2.48. The van der Waals surface area contributed by atoms with Gasteiger partial charge in [-0.3, -0.25) is 13.8 Å². The Bertz CT molecular complexity index is 655. The highest BCUT2D eigenvalue weighted by Crippen LogP contribution is 2.19. The highest BCUT2D eigenvalue weighted by molar-refractivity contribution is 8.18. The molecule has 0 aliphatic carbocycles. The predicted molar refractivity (Wildman–Crippen MR) is 205 cm³/mol. The maximum absolute atomic E-state index is 12.2. The molecule has 1 unspecified atom stereocenters. The van der Waals surface area contributed by atoms with Gasteiger partial charge in [-0.1, -0.05) is 11.8 Å². The lowest BCUT2D eigenvalue weighted by Gasteiger charge is -2.05. The molecule has 0 amide bonds. The SMILES string of the molecule is O=C(CCSCSCCCS(=O)CCSCSCCSC(=O)CCSCSCCCOOCSCCO)OCSCCO. The molecule has 8 nitrogen and oxygen atoms in total. The van der Waals surface area contributed by atoms with Gasteiger partial charge in [0.25, 0.3) is 0 Å². The van der Waals surface area contributed by atoms with Crippen LogP contribution in [0.4, 0.5) is 0 Å². The van der Waals surface area contributed by atoms with Crippen molar-refractivity contribution in [1.29, 1.82) is 0 Å². The second-order valence-corrected chi connectivity index (χ2v) is 20.7. The van der Waals surface area contributed by atoms with Gasteiger partial charge in [-0.05, 0) is 24.3 Å². The Labute approximate surface area is 299 Å². The van der Waals surface area contributed by atoms with Crippen LogP contribution in [0, 0.1) is 0 Å². The van der Waals surface area contributed by atoms with E-state index in [1.54, 1.807) is 23.5 Å². The van der Waals surface area contributed by atoms with E-state index >= 15 is 0 Å². The Morgan fingerprint density at radius 2 is 1.19 bits per heavy atom. The first-order valence-corrected chi connectivity index (χ1v) is 25.6. The fraction of sp³-hybridized carbons (Fsp3) is 0.920. The third-order valence-corrected chi connectivity index (χ3v) is 16.0. The summed E-state index contributed by atoms with van der Waals surface area (Å²) in [6.07, 6.45) is 2.90. The standard InChI is InChI=1S/C25H48O8S10/c26-5-12-34-19-31-24(28)3-10-38-22-37-9-2-17-43(30)18-16-41-23-40-14-15-42-25(29)4-11-39-21-36-8-1-7-32-33-20-35-13-6-27/h26-27H,1-23H2. The number of esters is 1. The van der Waals surface area contributed by atoms with E-state index in [2.05, 4.69) is 0 Å². The minimum absolute atomic E-state index is 0.0948. The van der Waals surface area contributed by atoms with Crippen molar-refractivity contribution >= 4 is 128 Å². The summed E-state index contributed by atoms with van der Waals surface area (Å²) in [4.78, 5) is 33.6. The molecular weight excluding hydrogens is 749 g/mol. The number of ether oxygens (including phenoxy) is 1. The van der Waals surface area contributed by atoms with Crippen molar-refractivity contribution in [1.82, 2.24) is 0 Å². The van der Waals surface area contributed by atoms with Gasteiger partial charge in [0.2, 0.25) is 0 Å². The van der Waals surface area contributed by atoms with Crippen LogP contribution >= 0.6 is 106 Å². The summed E-state index contributed by atoms with van der Waals surface area (Å²) in [7, 11) is -0.764. The van der Waals surface area contributed by atoms with Gasteiger partial charge in [-0.25, -0.2) is 9.78 Å². The smallest absolute Gasteiger partial charge is 0.307 e. The van der Waals surface area contributed by atoms with Gasteiger partial charge in [0.1, 0.15) is 11.9 Å². The molecule has 43 heavy (non-hydrogen) atoms. The van der Waals surface area contributed by atoms with Crippen molar-refractivity contribution in [3.8, 4) is 0 Å². The van der Waals surface area contributed by atoms with Crippen molar-refractivity contribution in [3.63, 3.8) is 0 Å². The second-order valence-electron chi connectivity index (χ2n) is 8.03. The zero-order chi connectivity index (χ0) is 31.5. The molecule has 0 saturated heterocycles. The molecule has 0 heterocycles. The molecule has 18 heteroatoms. The maximum Gasteiger partial charge on any atom is 0.307 e. The molecule has 0 radical (unpaired) electrons. The number of rotatable bonds is 35. The Kier molecular flexibility index (Phi) is 40.8. The molecule has 0 rings (SSSR count). The summed E-state index contributed by atoms with van der Waals surface area (Å²) in [6, 6.07) is 0. The van der Waals surface area contributed by atoms with Gasteiger partial charge in [0.15, 0.2) is 5.12 Å². The first-order valence-electron chi connectivity index (χ1n) is 13.8. The first kappa shape index (κ1) is 45.3. The molecule has 0 bridgehead atoms. The zero-order valence-corrected chi connectivity index (χ0v) is 32.9. The normalized spacial score (nSPS) is 12.0. The Morgan fingerprint density at radius 1 is 0.581 bits per heavy atom. The molecule has 2 N–H and O–H groups in total. The molecular formula is C25H48O8S10. The number of aliphatic hydroxyl groups excluding tert-OH is 2. The number of thioether (sulfide) groups is 9. The molecule has 256 valence electrons. The van der Waals surface area contributed by atoms with Crippen LogP contribution in [-0.4, -0.2) is 136 Å². The molecule has 0 fully saturated rings. The van der Waals surface area contributed by atoms with Crippen LogP contribution in [0.15, 0.2) is 0 Å². The molecule has 1 atom stereocenters. The first-order chi connectivity index (χ1) is 21.1. The van der Waals surface area contributed by atoms with Crippen LogP contribution in [0.5, 0.6) is 0 Å². The number of aliphatic hydroxyl groups is 2. The topological polar surface area (TPSA) is 119 Å². The van der Waals surface area contributed by atoms with Gasteiger partial charge in [0.05, 0.1) is 26.2 Å². The number of carbonyl (C=O) groups is 2. The molecule has 0 saturated carbocycles. The summed E-state index contributed by atoms with van der Waals surface area (Å²) in [5, 5.41) is 20.5. The van der Waals surface area contributed by atoms with Crippen molar-refractivity contribution in [2.45, 2.75) is 25.7 Å². The monoisotopic (exact) mass is 796 g/mol. The molecule has 0 aliphatic rings. The summed E-state index contributed by atoms with van der Waals surface area (Å²) in [6.45, 7) is 0.818. The van der Waals surface area contributed by atoms with E-state index in [0.717, 1.165) is 79.9 Å². The Hall–Kier alpha value is 2.28. The van der Waals surface area contributed by atoms with Gasteiger partial charge in [-0.2, -0.15) is 70.6 Å². The average molecular weight is 797 g/mol. The highest BCUT2D eigenvalue weighted by Gasteiger charge is 2.05. The van der Waals surface area contributed by atoms with E-state index < -0.39 is 10.8 Å². The Balaban J connectivity index is 3.30. The number of hydrogen-bond donors (Lipinski definition) is 2. The fourth-order valence-corrected chi connectivity index (χ4v) is 12.4. The summed E-state index contributed by atoms with van der Waals surface area (Å²) in [5.74, 6) is 9.58. The largest absolute Gasteiger partial charge is 0.455 e. The van der Waals surface area contributed by atoms with E-state index in [-0.39, 0.29) is 24.3 Å². The molecule has 0 spiro atoms. The van der Waals surface area contributed by atoms with Crippen LogP contribution in [-0.2, 0) is 34.9 Å². The van der Waals surface area contributed by atoms with Crippen molar-refractivity contribution in [2.24, 2.45) is 0 Å². The minimum Gasteiger partial charge on any atom is -0.455 e. The Morgan fingerprint density at radius 3 is 1.91 bits per heavy atom. The maximum atomic E-state index is 12.2. The van der Waals surface area contributed by atoms with E-state index in [9.17, 15) is 13.8 Å². The lowest BCUT2D eigenvalue weighted by Crippen LogP contribution is -2.06. The lowest BCUT2D eigenvalue weighted by atomic mass is 10.5. The van der Waals surface area contributed by atoms with Crippen molar-refractivity contribution in [3.05, 3.63) is 0 Å². The molecule has 0 aliphatic heterocycles. The van der Waals surface area contributed by atoms with Gasteiger partial charge in [-0.15, -0.1) is 23.5 Å². The lowest BCUT2D eigenvalue weighted by molar-refractivity contribution is -0.278. The van der Waals surface area contributed by atoms with Crippen LogP contribution in [0.25, 0.3) is 0 Å². The molecule has 0 aromatic carbocycles. The van der Waals surface area contributed by atoms with E-state index in [1.165, 1.54) is 35.3 Å².